The number of thioether (sulfide) groups is 1. The molecule has 4 nitrogen and oxygen atoms in total. The molecule has 0 aromatic carbocycles. The van der Waals surface area contributed by atoms with Gasteiger partial charge in [0.2, 0.25) is 5.95 Å². The first-order chi connectivity index (χ1) is 9.24. The lowest BCUT2D eigenvalue weighted by molar-refractivity contribution is 0.903. The van der Waals surface area contributed by atoms with E-state index in [1.54, 1.807) is 11.3 Å². The lowest BCUT2D eigenvalue weighted by Crippen LogP contribution is -2.19. The van der Waals surface area contributed by atoms with Gasteiger partial charge in [-0.05, 0) is 31.0 Å². The molecule has 2 aromatic heterocycles. The van der Waals surface area contributed by atoms with Crippen molar-refractivity contribution in [2.45, 2.75) is 26.8 Å². The maximum Gasteiger partial charge on any atom is 0.226 e. The van der Waals surface area contributed by atoms with Crippen LogP contribution in [0.1, 0.15) is 20.8 Å². The lowest BCUT2D eigenvalue weighted by atomic mass is 10.3. The summed E-state index contributed by atoms with van der Waals surface area (Å²) in [4.78, 5) is 10.1. The van der Waals surface area contributed by atoms with Gasteiger partial charge >= 0.3 is 0 Å². The minimum atomic E-state index is 0.400. The Morgan fingerprint density at radius 1 is 1.37 bits per heavy atom. The van der Waals surface area contributed by atoms with E-state index in [4.69, 9.17) is 0 Å². The van der Waals surface area contributed by atoms with Crippen LogP contribution >= 0.6 is 23.1 Å². The molecule has 0 radical (unpaired) electrons. The minimum absolute atomic E-state index is 0.400. The third kappa shape index (κ3) is 3.73. The largest absolute Gasteiger partial charge is 0.366 e. The molecule has 0 saturated heterocycles. The van der Waals surface area contributed by atoms with Gasteiger partial charge < -0.3 is 10.6 Å². The fraction of sp³-hybridized carbons (Fsp3) is 0.538. The van der Waals surface area contributed by atoms with Crippen molar-refractivity contribution >= 4 is 45.1 Å². The molecular formula is C13H20N4S2. The van der Waals surface area contributed by atoms with Crippen LogP contribution < -0.4 is 10.6 Å². The molecule has 1 unspecified atom stereocenters. The van der Waals surface area contributed by atoms with Crippen LogP contribution in [0, 0.1) is 0 Å². The van der Waals surface area contributed by atoms with Gasteiger partial charge in [0.05, 0.1) is 5.39 Å². The highest BCUT2D eigenvalue weighted by atomic mass is 32.2. The Morgan fingerprint density at radius 2 is 2.21 bits per heavy atom. The van der Waals surface area contributed by atoms with Crippen LogP contribution in [0.4, 0.5) is 11.8 Å². The van der Waals surface area contributed by atoms with E-state index < -0.39 is 0 Å². The number of aromatic nitrogens is 2. The van der Waals surface area contributed by atoms with E-state index in [0.29, 0.717) is 12.0 Å². The molecule has 0 saturated carbocycles. The van der Waals surface area contributed by atoms with Crippen molar-refractivity contribution in [3.63, 3.8) is 0 Å². The molecule has 0 fully saturated rings. The van der Waals surface area contributed by atoms with Gasteiger partial charge in [-0.2, -0.15) is 16.7 Å². The fourth-order valence-corrected chi connectivity index (χ4v) is 3.21. The number of thiophene rings is 1. The molecule has 0 spiro atoms. The second kappa shape index (κ2) is 6.96. The Hall–Kier alpha value is -1.01. The zero-order valence-electron chi connectivity index (χ0n) is 11.6. The number of anilines is 2. The summed E-state index contributed by atoms with van der Waals surface area (Å²) in [6, 6.07) is 2.48. The van der Waals surface area contributed by atoms with Crippen LogP contribution in [-0.4, -0.2) is 34.1 Å². The van der Waals surface area contributed by atoms with Gasteiger partial charge in [-0.1, -0.05) is 6.92 Å². The maximum atomic E-state index is 4.57. The van der Waals surface area contributed by atoms with E-state index in [0.717, 1.165) is 34.1 Å². The molecule has 1 atom stereocenters. The quantitative estimate of drug-likeness (QED) is 0.816. The molecule has 0 amide bonds. The molecule has 2 N–H and O–H groups in total. The summed E-state index contributed by atoms with van der Waals surface area (Å²) < 4.78 is 0. The van der Waals surface area contributed by atoms with Crippen LogP contribution in [0.5, 0.6) is 0 Å². The average molecular weight is 296 g/mol. The predicted molar refractivity (Wildman–Crippen MR) is 87.7 cm³/mol. The molecule has 2 rings (SSSR count). The van der Waals surface area contributed by atoms with Crippen LogP contribution in [0.15, 0.2) is 11.4 Å². The topological polar surface area (TPSA) is 49.8 Å². The molecule has 2 aromatic rings. The summed E-state index contributed by atoms with van der Waals surface area (Å²) in [7, 11) is 0. The standard InChI is InChI=1S/C13H20N4S2/c1-4-14-13-16-11(15-9(3)8-18-5-2)10-6-7-19-12(10)17-13/h6-7,9H,4-5,8H2,1-3H3,(H2,14,15,16,17). The number of nitrogens with one attached hydrogen (secondary N) is 2. The first-order valence-electron chi connectivity index (χ1n) is 6.58. The Bertz CT molecular complexity index is 526. The number of hydrogen-bond acceptors (Lipinski definition) is 6. The van der Waals surface area contributed by atoms with Crippen LogP contribution in [0.2, 0.25) is 0 Å². The molecule has 0 aliphatic heterocycles. The molecule has 0 aliphatic rings. The normalized spacial score (nSPS) is 12.6. The summed E-state index contributed by atoms with van der Waals surface area (Å²) in [5, 5.41) is 9.86. The molecule has 19 heavy (non-hydrogen) atoms. The highest BCUT2D eigenvalue weighted by molar-refractivity contribution is 7.99. The summed E-state index contributed by atoms with van der Waals surface area (Å²) in [6.45, 7) is 7.26. The number of fused-ring (bicyclic) bond motifs is 1. The summed E-state index contributed by atoms with van der Waals surface area (Å²) in [5.41, 5.74) is 0. The van der Waals surface area contributed by atoms with E-state index in [1.807, 2.05) is 11.8 Å². The van der Waals surface area contributed by atoms with Gasteiger partial charge in [0.1, 0.15) is 10.6 Å². The second-order valence-corrected chi connectivity index (χ2v) is 6.48. The number of hydrogen-bond donors (Lipinski definition) is 2. The Balaban J connectivity index is 2.21. The van der Waals surface area contributed by atoms with E-state index in [9.17, 15) is 0 Å². The van der Waals surface area contributed by atoms with Crippen LogP contribution in [-0.2, 0) is 0 Å². The van der Waals surface area contributed by atoms with Crippen molar-refractivity contribution in [1.82, 2.24) is 9.97 Å². The van der Waals surface area contributed by atoms with Crippen molar-refractivity contribution < 1.29 is 0 Å². The number of nitrogens with zero attached hydrogens (tertiary/aromatic N) is 2. The maximum absolute atomic E-state index is 4.57. The molecular weight excluding hydrogens is 276 g/mol. The highest BCUT2D eigenvalue weighted by Crippen LogP contribution is 2.27. The Kier molecular flexibility index (Phi) is 5.27. The third-order valence-electron chi connectivity index (χ3n) is 2.62. The smallest absolute Gasteiger partial charge is 0.226 e. The predicted octanol–water partition coefficient (Wildman–Crippen LogP) is 3.68. The molecule has 2 heterocycles. The van der Waals surface area contributed by atoms with Gasteiger partial charge in [-0.15, -0.1) is 11.3 Å². The van der Waals surface area contributed by atoms with Crippen molar-refractivity contribution in [2.75, 3.05) is 28.7 Å². The van der Waals surface area contributed by atoms with Gasteiger partial charge in [0.15, 0.2) is 0 Å². The number of rotatable bonds is 7. The summed E-state index contributed by atoms with van der Waals surface area (Å²) in [6.07, 6.45) is 0. The summed E-state index contributed by atoms with van der Waals surface area (Å²) in [5.74, 6) is 3.87. The van der Waals surface area contributed by atoms with Crippen molar-refractivity contribution in [2.24, 2.45) is 0 Å². The van der Waals surface area contributed by atoms with E-state index in [1.165, 1.54) is 0 Å². The Labute approximate surface area is 122 Å². The van der Waals surface area contributed by atoms with E-state index >= 15 is 0 Å². The summed E-state index contributed by atoms with van der Waals surface area (Å²) >= 11 is 3.59. The average Bonchev–Trinajstić information content (AvgIpc) is 2.85. The molecule has 0 aliphatic carbocycles. The van der Waals surface area contributed by atoms with Crippen molar-refractivity contribution in [3.8, 4) is 0 Å². The molecule has 0 bridgehead atoms. The SMILES string of the molecule is CCNc1nc(NC(C)CSCC)c2ccsc2n1. The third-order valence-corrected chi connectivity index (χ3v) is 4.57. The van der Waals surface area contributed by atoms with Gasteiger partial charge in [0.25, 0.3) is 0 Å². The molecule has 6 heteroatoms. The van der Waals surface area contributed by atoms with Gasteiger partial charge in [-0.25, -0.2) is 4.98 Å². The lowest BCUT2D eigenvalue weighted by Gasteiger charge is -2.15. The molecule has 104 valence electrons. The first-order valence-corrected chi connectivity index (χ1v) is 8.61. The second-order valence-electron chi connectivity index (χ2n) is 4.27. The Morgan fingerprint density at radius 3 is 2.95 bits per heavy atom. The van der Waals surface area contributed by atoms with Gasteiger partial charge in [-0.3, -0.25) is 0 Å². The first kappa shape index (κ1) is 14.4. The van der Waals surface area contributed by atoms with Crippen molar-refractivity contribution in [1.29, 1.82) is 0 Å². The van der Waals surface area contributed by atoms with Crippen LogP contribution in [0.3, 0.4) is 0 Å². The van der Waals surface area contributed by atoms with Crippen LogP contribution in [0.25, 0.3) is 10.2 Å². The minimum Gasteiger partial charge on any atom is -0.366 e. The zero-order valence-corrected chi connectivity index (χ0v) is 13.2. The zero-order chi connectivity index (χ0) is 13.7. The fourth-order valence-electron chi connectivity index (χ4n) is 1.77. The van der Waals surface area contributed by atoms with Crippen molar-refractivity contribution in [3.05, 3.63) is 11.4 Å². The van der Waals surface area contributed by atoms with E-state index in [2.05, 4.69) is 52.8 Å². The van der Waals surface area contributed by atoms with E-state index in [-0.39, 0.29) is 0 Å². The highest BCUT2D eigenvalue weighted by Gasteiger charge is 2.10. The van der Waals surface area contributed by atoms with Gasteiger partial charge in [0, 0.05) is 18.3 Å². The monoisotopic (exact) mass is 296 g/mol.